The molecule has 0 unspecified atom stereocenters. The van der Waals surface area contributed by atoms with Crippen LogP contribution in [0.15, 0.2) is 18.2 Å². The Morgan fingerprint density at radius 2 is 2.20 bits per heavy atom. The van der Waals surface area contributed by atoms with Gasteiger partial charge in [-0.2, -0.15) is 0 Å². The van der Waals surface area contributed by atoms with Gasteiger partial charge in [-0.3, -0.25) is 25.8 Å². The third kappa shape index (κ3) is 3.10. The van der Waals surface area contributed by atoms with E-state index in [4.69, 9.17) is 11.6 Å². The average Bonchev–Trinajstić information content (AvgIpc) is 2.14. The summed E-state index contributed by atoms with van der Waals surface area (Å²) in [7, 11) is 0. The highest BCUT2D eigenvalue weighted by Gasteiger charge is 2.13. The van der Waals surface area contributed by atoms with Gasteiger partial charge in [0.15, 0.2) is 0 Å². The predicted molar refractivity (Wildman–Crippen MR) is 55.5 cm³/mol. The number of halogens is 1. The van der Waals surface area contributed by atoms with Crippen molar-refractivity contribution in [1.82, 2.24) is 5.43 Å². The zero-order chi connectivity index (χ0) is 11.4. The number of hydrazine groups is 1. The maximum absolute atomic E-state index is 10.6. The molecule has 0 atom stereocenters. The van der Waals surface area contributed by atoms with Crippen LogP contribution in [0.25, 0.3) is 0 Å². The number of benzene rings is 1. The maximum Gasteiger partial charge on any atom is 0.294 e. The van der Waals surface area contributed by atoms with Crippen LogP contribution in [0.3, 0.4) is 0 Å². The van der Waals surface area contributed by atoms with Gasteiger partial charge < -0.3 is 0 Å². The summed E-state index contributed by atoms with van der Waals surface area (Å²) in [5.41, 5.74) is 4.62. The van der Waals surface area contributed by atoms with Gasteiger partial charge in [-0.15, -0.1) is 0 Å². The molecule has 0 aliphatic carbocycles. The smallest absolute Gasteiger partial charge is 0.292 e. The van der Waals surface area contributed by atoms with Crippen molar-refractivity contribution in [3.8, 4) is 0 Å². The molecule has 0 bridgehead atoms. The van der Waals surface area contributed by atoms with Gasteiger partial charge in [0.25, 0.3) is 5.69 Å². The Balaban J connectivity index is 2.96. The highest BCUT2D eigenvalue weighted by Crippen LogP contribution is 2.26. The molecule has 0 saturated heterocycles. The lowest BCUT2D eigenvalue weighted by Crippen LogP contribution is -2.26. The number of nitro groups is 1. The van der Waals surface area contributed by atoms with E-state index in [1.807, 2.05) is 0 Å². The molecule has 0 heterocycles. The Hall–Kier alpha value is -1.82. The molecule has 1 amide bonds. The van der Waals surface area contributed by atoms with Crippen molar-refractivity contribution in [2.75, 3.05) is 5.43 Å². The van der Waals surface area contributed by atoms with Crippen molar-refractivity contribution in [3.63, 3.8) is 0 Å². The van der Waals surface area contributed by atoms with Crippen molar-refractivity contribution < 1.29 is 9.72 Å². The molecule has 80 valence electrons. The zero-order valence-corrected chi connectivity index (χ0v) is 8.54. The first-order valence-electron chi connectivity index (χ1n) is 3.97. The number of amides is 1. The minimum atomic E-state index is -0.569. The van der Waals surface area contributed by atoms with Crippen LogP contribution in [0.4, 0.5) is 11.4 Å². The first-order chi connectivity index (χ1) is 7.00. The quantitative estimate of drug-likeness (QED) is 0.610. The summed E-state index contributed by atoms with van der Waals surface area (Å²) in [5, 5.41) is 10.9. The van der Waals surface area contributed by atoms with Crippen LogP contribution in [0, 0.1) is 10.1 Å². The van der Waals surface area contributed by atoms with Gasteiger partial charge in [-0.1, -0.05) is 11.6 Å². The van der Waals surface area contributed by atoms with E-state index in [1.54, 1.807) is 0 Å². The molecule has 0 radical (unpaired) electrons. The lowest BCUT2D eigenvalue weighted by atomic mass is 10.3. The van der Waals surface area contributed by atoms with E-state index in [0.29, 0.717) is 5.02 Å². The van der Waals surface area contributed by atoms with Gasteiger partial charge in [0.1, 0.15) is 5.69 Å². The van der Waals surface area contributed by atoms with Crippen LogP contribution in [0.2, 0.25) is 5.02 Å². The largest absolute Gasteiger partial charge is 0.294 e. The third-order valence-corrected chi connectivity index (χ3v) is 1.76. The molecule has 0 aliphatic rings. The monoisotopic (exact) mass is 229 g/mol. The number of rotatable bonds is 3. The Bertz CT molecular complexity index is 408. The number of carbonyl (C=O) groups excluding carboxylic acids is 1. The van der Waals surface area contributed by atoms with Crippen molar-refractivity contribution in [3.05, 3.63) is 33.3 Å². The Labute approximate surface area is 90.3 Å². The summed E-state index contributed by atoms with van der Waals surface area (Å²) < 4.78 is 0. The van der Waals surface area contributed by atoms with Crippen LogP contribution in [-0.2, 0) is 4.79 Å². The van der Waals surface area contributed by atoms with Crippen LogP contribution in [0.1, 0.15) is 6.92 Å². The lowest BCUT2D eigenvalue weighted by Gasteiger charge is -2.06. The number of hydrogen-bond acceptors (Lipinski definition) is 4. The fourth-order valence-electron chi connectivity index (χ4n) is 0.923. The van der Waals surface area contributed by atoms with Crippen molar-refractivity contribution in [2.45, 2.75) is 6.92 Å². The molecule has 6 nitrogen and oxygen atoms in total. The van der Waals surface area contributed by atoms with Gasteiger partial charge in [-0.25, -0.2) is 0 Å². The van der Waals surface area contributed by atoms with Crippen molar-refractivity contribution in [2.24, 2.45) is 0 Å². The van der Waals surface area contributed by atoms with Gasteiger partial charge >= 0.3 is 0 Å². The maximum atomic E-state index is 10.6. The summed E-state index contributed by atoms with van der Waals surface area (Å²) in [6.45, 7) is 1.28. The number of nitrogens with zero attached hydrogens (tertiary/aromatic N) is 1. The molecule has 0 aliphatic heterocycles. The number of anilines is 1. The van der Waals surface area contributed by atoms with E-state index in [9.17, 15) is 14.9 Å². The summed E-state index contributed by atoms with van der Waals surface area (Å²) in [5.74, 6) is -0.357. The topological polar surface area (TPSA) is 84.3 Å². The minimum Gasteiger partial charge on any atom is -0.292 e. The minimum absolute atomic E-state index is 0.141. The van der Waals surface area contributed by atoms with Gasteiger partial charge in [-0.05, 0) is 12.1 Å². The second-order valence-corrected chi connectivity index (χ2v) is 3.16. The number of hydrogen-bond donors (Lipinski definition) is 2. The second kappa shape index (κ2) is 4.61. The predicted octanol–water partition coefficient (Wildman–Crippen LogP) is 1.71. The molecular weight excluding hydrogens is 222 g/mol. The van der Waals surface area contributed by atoms with E-state index in [0.717, 1.165) is 0 Å². The molecule has 0 fully saturated rings. The Kier molecular flexibility index (Phi) is 3.46. The fraction of sp³-hybridized carbons (Fsp3) is 0.125. The van der Waals surface area contributed by atoms with E-state index >= 15 is 0 Å². The highest BCUT2D eigenvalue weighted by molar-refractivity contribution is 6.31. The first-order valence-corrected chi connectivity index (χ1v) is 4.35. The van der Waals surface area contributed by atoms with E-state index in [2.05, 4.69) is 10.9 Å². The molecule has 15 heavy (non-hydrogen) atoms. The van der Waals surface area contributed by atoms with E-state index in [1.165, 1.54) is 25.1 Å². The molecule has 0 saturated carbocycles. The SMILES string of the molecule is CC(=O)NNc1cc(Cl)ccc1[N+](=O)[O-]. The van der Waals surface area contributed by atoms with Crippen LogP contribution >= 0.6 is 11.6 Å². The van der Waals surface area contributed by atoms with Gasteiger partial charge in [0, 0.05) is 18.0 Å². The Morgan fingerprint density at radius 3 is 2.73 bits per heavy atom. The van der Waals surface area contributed by atoms with Gasteiger partial charge in [0.2, 0.25) is 5.91 Å². The fourth-order valence-corrected chi connectivity index (χ4v) is 1.10. The number of carbonyl (C=O) groups is 1. The van der Waals surface area contributed by atoms with Crippen LogP contribution in [-0.4, -0.2) is 10.8 Å². The van der Waals surface area contributed by atoms with Crippen LogP contribution in [0.5, 0.6) is 0 Å². The summed E-state index contributed by atoms with van der Waals surface area (Å²) in [6.07, 6.45) is 0. The van der Waals surface area contributed by atoms with Crippen molar-refractivity contribution >= 4 is 28.9 Å². The van der Waals surface area contributed by atoms with Gasteiger partial charge in [0.05, 0.1) is 4.92 Å². The molecule has 0 aromatic heterocycles. The molecule has 1 aromatic rings. The molecule has 0 spiro atoms. The van der Waals surface area contributed by atoms with E-state index in [-0.39, 0.29) is 17.3 Å². The van der Waals surface area contributed by atoms with Crippen molar-refractivity contribution in [1.29, 1.82) is 0 Å². The Morgan fingerprint density at radius 1 is 1.53 bits per heavy atom. The number of nitrogens with one attached hydrogen (secondary N) is 2. The second-order valence-electron chi connectivity index (χ2n) is 2.72. The first kappa shape index (κ1) is 11.3. The highest BCUT2D eigenvalue weighted by atomic mass is 35.5. The summed E-state index contributed by atoms with van der Waals surface area (Å²) >= 11 is 5.66. The molecule has 7 heteroatoms. The lowest BCUT2D eigenvalue weighted by molar-refractivity contribution is -0.384. The number of nitro benzene ring substituents is 1. The summed E-state index contributed by atoms with van der Waals surface area (Å²) in [4.78, 5) is 20.6. The summed E-state index contributed by atoms with van der Waals surface area (Å²) in [6, 6.07) is 4.01. The molecular formula is C8H8ClN3O3. The average molecular weight is 230 g/mol. The normalized spacial score (nSPS) is 9.47. The van der Waals surface area contributed by atoms with E-state index < -0.39 is 4.92 Å². The third-order valence-electron chi connectivity index (χ3n) is 1.53. The standard InChI is InChI=1S/C8H8ClN3O3/c1-5(13)10-11-7-4-6(9)2-3-8(7)12(14)15/h2-4,11H,1H3,(H,10,13). The van der Waals surface area contributed by atoms with Crippen LogP contribution < -0.4 is 10.9 Å². The molecule has 1 aromatic carbocycles. The zero-order valence-electron chi connectivity index (χ0n) is 7.78. The molecule has 1 rings (SSSR count). The molecule has 2 N–H and O–H groups in total.